The van der Waals surface area contributed by atoms with Crippen LogP contribution in [0, 0.1) is 0 Å². The number of quaternary nitrogens is 1. The molecule has 0 bridgehead atoms. The lowest BCUT2D eigenvalue weighted by Gasteiger charge is -2.26. The van der Waals surface area contributed by atoms with Crippen LogP contribution in [0.2, 0.25) is 0 Å². The Bertz CT molecular complexity index is 1030. The van der Waals surface area contributed by atoms with Gasteiger partial charge >= 0.3 is 11.9 Å². The second-order valence-electron chi connectivity index (χ2n) is 19.2. The highest BCUT2D eigenvalue weighted by atomic mass is 16.7. The lowest BCUT2D eigenvalue weighted by atomic mass is 10.0. The third kappa shape index (κ3) is 46.0. The summed E-state index contributed by atoms with van der Waals surface area (Å²) in [4.78, 5) is 37.0. The molecule has 0 saturated carbocycles. The fourth-order valence-electron chi connectivity index (χ4n) is 7.65. The number of unbranched alkanes of at least 4 members (excludes halogenated alkanes) is 32. The number of allylic oxidation sites excluding steroid dienone is 2. The zero-order valence-electron chi connectivity index (χ0n) is 41.5. The quantitative estimate of drug-likeness (QED) is 0.0195. The number of hydrogen-bond acceptors (Lipinski definition) is 8. The number of esters is 2. The van der Waals surface area contributed by atoms with Crippen LogP contribution in [-0.2, 0) is 33.3 Å². The van der Waals surface area contributed by atoms with E-state index in [1.54, 1.807) is 0 Å². The molecule has 9 nitrogen and oxygen atoms in total. The summed E-state index contributed by atoms with van der Waals surface area (Å²) in [5.41, 5.74) is 0. The molecule has 366 valence electrons. The van der Waals surface area contributed by atoms with Crippen molar-refractivity contribution in [2.75, 3.05) is 47.5 Å². The minimum absolute atomic E-state index is 0.151. The average Bonchev–Trinajstić information content (AvgIpc) is 3.23. The smallest absolute Gasteiger partial charge is 0.306 e. The number of aliphatic carboxylic acids is 1. The minimum atomic E-state index is -1.61. The molecular weight excluding hydrogens is 779 g/mol. The third-order valence-electron chi connectivity index (χ3n) is 11.8. The van der Waals surface area contributed by atoms with Crippen molar-refractivity contribution in [3.63, 3.8) is 0 Å². The number of rotatable bonds is 49. The SMILES string of the molecule is CCCCCCCCCC/C=C\CCCCCCCCCCCCCCCCCC(=O)OC(COC(=O)CCCCCCCCCCCC)COC(OCC[N+](C)(C)C)C(=O)[O-]. The van der Waals surface area contributed by atoms with Gasteiger partial charge in [0.2, 0.25) is 0 Å². The summed E-state index contributed by atoms with van der Waals surface area (Å²) >= 11 is 0. The molecule has 0 spiro atoms. The molecular formula is C53H101NO8. The van der Waals surface area contributed by atoms with E-state index in [2.05, 4.69) is 26.0 Å². The van der Waals surface area contributed by atoms with E-state index in [9.17, 15) is 19.5 Å². The van der Waals surface area contributed by atoms with Crippen molar-refractivity contribution in [1.82, 2.24) is 0 Å². The molecule has 62 heavy (non-hydrogen) atoms. The Morgan fingerprint density at radius 3 is 1.19 bits per heavy atom. The van der Waals surface area contributed by atoms with Crippen LogP contribution in [0.1, 0.15) is 251 Å². The van der Waals surface area contributed by atoms with Crippen molar-refractivity contribution < 1.29 is 42.9 Å². The summed E-state index contributed by atoms with van der Waals surface area (Å²) in [6.07, 6.45) is 46.9. The Balaban J connectivity index is 4.12. The van der Waals surface area contributed by atoms with E-state index in [4.69, 9.17) is 18.9 Å². The Kier molecular flexibility index (Phi) is 44.1. The zero-order valence-corrected chi connectivity index (χ0v) is 41.5. The van der Waals surface area contributed by atoms with Gasteiger partial charge in [-0.25, -0.2) is 0 Å². The fraction of sp³-hybridized carbons (Fsp3) is 0.906. The molecule has 0 aromatic heterocycles. The maximum absolute atomic E-state index is 12.8. The predicted molar refractivity (Wildman–Crippen MR) is 256 cm³/mol. The molecule has 0 saturated heterocycles. The van der Waals surface area contributed by atoms with Gasteiger partial charge in [0, 0.05) is 12.8 Å². The first-order valence-electron chi connectivity index (χ1n) is 26.3. The lowest BCUT2D eigenvalue weighted by Crippen LogP contribution is -2.44. The first-order valence-corrected chi connectivity index (χ1v) is 26.3. The lowest BCUT2D eigenvalue weighted by molar-refractivity contribution is -0.870. The summed E-state index contributed by atoms with van der Waals surface area (Å²) in [5.74, 6) is -2.27. The van der Waals surface area contributed by atoms with Gasteiger partial charge in [-0.15, -0.1) is 0 Å². The number of carboxylic acids is 1. The van der Waals surface area contributed by atoms with Gasteiger partial charge in [0.15, 0.2) is 12.4 Å². The molecule has 0 aromatic rings. The van der Waals surface area contributed by atoms with Crippen LogP contribution >= 0.6 is 0 Å². The number of carboxylic acid groups (broad SMARTS) is 1. The van der Waals surface area contributed by atoms with E-state index < -0.39 is 24.3 Å². The summed E-state index contributed by atoms with van der Waals surface area (Å²) in [6, 6.07) is 0. The van der Waals surface area contributed by atoms with Crippen LogP contribution < -0.4 is 5.11 Å². The maximum atomic E-state index is 12.8. The summed E-state index contributed by atoms with van der Waals surface area (Å²) < 4.78 is 22.6. The van der Waals surface area contributed by atoms with E-state index in [0.717, 1.165) is 38.5 Å². The molecule has 0 aliphatic rings. The van der Waals surface area contributed by atoms with E-state index in [1.165, 1.54) is 186 Å². The standard InChI is InChI=1S/C53H101NO8/c1-6-8-10-12-14-16-18-19-20-21-22-23-24-25-26-27-28-29-30-31-32-33-34-36-38-40-42-44-51(56)62-49(48-61-53(52(57)58)59-46-45-54(3,4)5)47-60-50(55)43-41-39-37-35-17-15-13-11-9-7-2/h21-22,49,53H,6-20,23-48H2,1-5H3/b22-21-. The molecule has 0 radical (unpaired) electrons. The highest BCUT2D eigenvalue weighted by molar-refractivity contribution is 5.70. The maximum Gasteiger partial charge on any atom is 0.306 e. The Labute approximate surface area is 383 Å². The molecule has 0 aliphatic carbocycles. The molecule has 0 aliphatic heterocycles. The molecule has 0 N–H and O–H groups in total. The highest BCUT2D eigenvalue weighted by Crippen LogP contribution is 2.16. The number of ether oxygens (including phenoxy) is 4. The number of hydrogen-bond donors (Lipinski definition) is 0. The Hall–Kier alpha value is -1.97. The number of carbonyl (C=O) groups is 3. The molecule has 0 heterocycles. The van der Waals surface area contributed by atoms with Crippen molar-refractivity contribution >= 4 is 17.9 Å². The van der Waals surface area contributed by atoms with Gasteiger partial charge in [0.25, 0.3) is 0 Å². The van der Waals surface area contributed by atoms with Gasteiger partial charge in [0.1, 0.15) is 13.2 Å². The molecule has 0 amide bonds. The van der Waals surface area contributed by atoms with Crippen molar-refractivity contribution in [2.45, 2.75) is 264 Å². The molecule has 9 heteroatoms. The third-order valence-corrected chi connectivity index (χ3v) is 11.8. The van der Waals surface area contributed by atoms with Gasteiger partial charge in [-0.05, 0) is 38.5 Å². The Morgan fingerprint density at radius 1 is 0.468 bits per heavy atom. The first-order chi connectivity index (χ1) is 30.1. The van der Waals surface area contributed by atoms with Gasteiger partial charge in [0.05, 0.1) is 40.3 Å². The topological polar surface area (TPSA) is 111 Å². The minimum Gasteiger partial charge on any atom is -0.545 e. The van der Waals surface area contributed by atoms with Crippen LogP contribution in [0.5, 0.6) is 0 Å². The van der Waals surface area contributed by atoms with Gasteiger partial charge in [-0.1, -0.05) is 212 Å². The zero-order chi connectivity index (χ0) is 45.6. The first kappa shape index (κ1) is 60.0. The van der Waals surface area contributed by atoms with Crippen molar-refractivity contribution in [2.24, 2.45) is 0 Å². The number of carbonyl (C=O) groups excluding carboxylic acids is 3. The van der Waals surface area contributed by atoms with Crippen LogP contribution in [0.4, 0.5) is 0 Å². The molecule has 2 atom stereocenters. The Morgan fingerprint density at radius 2 is 0.823 bits per heavy atom. The fourth-order valence-corrected chi connectivity index (χ4v) is 7.65. The summed E-state index contributed by atoms with van der Waals surface area (Å²) in [6.45, 7) is 4.76. The monoisotopic (exact) mass is 880 g/mol. The van der Waals surface area contributed by atoms with Gasteiger partial charge in [-0.3, -0.25) is 9.59 Å². The van der Waals surface area contributed by atoms with Gasteiger partial charge < -0.3 is 33.3 Å². The molecule has 0 rings (SSSR count). The molecule has 0 fully saturated rings. The van der Waals surface area contributed by atoms with E-state index in [-0.39, 0.29) is 32.2 Å². The predicted octanol–water partition coefficient (Wildman–Crippen LogP) is 13.3. The van der Waals surface area contributed by atoms with Crippen molar-refractivity contribution in [1.29, 1.82) is 0 Å². The molecule has 0 aromatic carbocycles. The van der Waals surface area contributed by atoms with Crippen molar-refractivity contribution in [3.8, 4) is 0 Å². The van der Waals surface area contributed by atoms with Crippen LogP contribution in [0.25, 0.3) is 0 Å². The van der Waals surface area contributed by atoms with Crippen LogP contribution in [-0.4, -0.2) is 82.3 Å². The second kappa shape index (κ2) is 45.6. The van der Waals surface area contributed by atoms with Crippen LogP contribution in [0.3, 0.4) is 0 Å². The van der Waals surface area contributed by atoms with Crippen LogP contribution in [0.15, 0.2) is 12.2 Å². The van der Waals surface area contributed by atoms with Crippen molar-refractivity contribution in [3.05, 3.63) is 12.2 Å². The summed E-state index contributed by atoms with van der Waals surface area (Å²) in [7, 11) is 5.92. The number of nitrogens with zero attached hydrogens (tertiary/aromatic N) is 1. The largest absolute Gasteiger partial charge is 0.545 e. The van der Waals surface area contributed by atoms with Gasteiger partial charge in [-0.2, -0.15) is 0 Å². The summed E-state index contributed by atoms with van der Waals surface area (Å²) in [5, 5.41) is 11.7. The second-order valence-corrected chi connectivity index (χ2v) is 19.2. The molecule has 2 unspecified atom stereocenters. The highest BCUT2D eigenvalue weighted by Gasteiger charge is 2.22. The van der Waals surface area contributed by atoms with E-state index in [0.29, 0.717) is 17.4 Å². The average molecular weight is 880 g/mol. The van der Waals surface area contributed by atoms with E-state index in [1.807, 2.05) is 21.1 Å². The van der Waals surface area contributed by atoms with E-state index >= 15 is 0 Å². The number of likely N-dealkylation sites (N-methyl/N-ethyl adjacent to an activating group) is 1. The normalized spacial score (nSPS) is 12.9.